The van der Waals surface area contributed by atoms with E-state index in [2.05, 4.69) is 10.3 Å². The van der Waals surface area contributed by atoms with Gasteiger partial charge in [0.1, 0.15) is 17.3 Å². The number of carbonyl (C=O) groups excluding carboxylic acids is 2. The molecule has 23 heavy (non-hydrogen) atoms. The fraction of sp³-hybridized carbons (Fsp3) is 0.188. The minimum atomic E-state index is -0.855. The number of rotatable bonds is 3. The van der Waals surface area contributed by atoms with Gasteiger partial charge in [-0.2, -0.15) is 0 Å². The maximum Gasteiger partial charge on any atom is 0.229 e. The Kier molecular flexibility index (Phi) is 4.01. The minimum absolute atomic E-state index is 0.0171. The Labute approximate surface area is 130 Å². The highest BCUT2D eigenvalue weighted by Crippen LogP contribution is 2.26. The van der Waals surface area contributed by atoms with Crippen molar-refractivity contribution in [3.8, 4) is 0 Å². The number of para-hydroxylation sites is 1. The van der Waals surface area contributed by atoms with E-state index < -0.39 is 29.1 Å². The molecule has 5 nitrogen and oxygen atoms in total. The van der Waals surface area contributed by atoms with E-state index in [-0.39, 0.29) is 18.9 Å². The number of carbonyl (C=O) groups is 2. The van der Waals surface area contributed by atoms with Crippen LogP contribution in [-0.4, -0.2) is 23.3 Å². The summed E-state index contributed by atoms with van der Waals surface area (Å²) in [6.07, 6.45) is 3.08. The number of hydrogen-bond acceptors (Lipinski definition) is 3. The maximum absolute atomic E-state index is 13.6. The predicted molar refractivity (Wildman–Crippen MR) is 79.7 cm³/mol. The molecule has 0 bridgehead atoms. The average Bonchev–Trinajstić information content (AvgIpc) is 2.94. The summed E-state index contributed by atoms with van der Waals surface area (Å²) in [7, 11) is 0. The first kappa shape index (κ1) is 15.1. The van der Waals surface area contributed by atoms with Crippen molar-refractivity contribution in [3.63, 3.8) is 0 Å². The Morgan fingerprint density at radius 2 is 1.96 bits per heavy atom. The summed E-state index contributed by atoms with van der Waals surface area (Å²) in [6, 6.07) is 6.72. The number of nitrogens with one attached hydrogen (secondary N) is 1. The van der Waals surface area contributed by atoms with Gasteiger partial charge < -0.3 is 10.2 Å². The molecule has 1 unspecified atom stereocenters. The second-order valence-corrected chi connectivity index (χ2v) is 5.20. The molecule has 1 aromatic carbocycles. The quantitative estimate of drug-likeness (QED) is 0.945. The summed E-state index contributed by atoms with van der Waals surface area (Å²) in [5.74, 6) is -3.21. The molecular weight excluding hydrogens is 304 g/mol. The third-order valence-corrected chi connectivity index (χ3v) is 3.66. The number of aromatic nitrogens is 1. The number of anilines is 2. The summed E-state index contributed by atoms with van der Waals surface area (Å²) in [6.45, 7) is 0.145. The van der Waals surface area contributed by atoms with Crippen molar-refractivity contribution in [1.82, 2.24) is 4.98 Å². The highest BCUT2D eigenvalue weighted by Gasteiger charge is 2.35. The normalized spacial score (nSPS) is 17.4. The molecule has 1 aromatic heterocycles. The van der Waals surface area contributed by atoms with Crippen molar-refractivity contribution in [2.24, 2.45) is 5.92 Å². The van der Waals surface area contributed by atoms with Crippen LogP contribution in [0.2, 0.25) is 0 Å². The van der Waals surface area contributed by atoms with Crippen LogP contribution in [0.4, 0.5) is 20.2 Å². The van der Waals surface area contributed by atoms with Gasteiger partial charge in [-0.1, -0.05) is 6.07 Å². The zero-order valence-electron chi connectivity index (χ0n) is 12.0. The van der Waals surface area contributed by atoms with Crippen molar-refractivity contribution < 1.29 is 18.4 Å². The number of hydrogen-bond donors (Lipinski definition) is 1. The Morgan fingerprint density at radius 3 is 2.61 bits per heavy atom. The van der Waals surface area contributed by atoms with Crippen molar-refractivity contribution >= 4 is 23.2 Å². The summed E-state index contributed by atoms with van der Waals surface area (Å²) in [4.78, 5) is 29.6. The second kappa shape index (κ2) is 6.12. The fourth-order valence-electron chi connectivity index (χ4n) is 2.49. The molecule has 2 amide bonds. The Bertz CT molecular complexity index is 732. The van der Waals surface area contributed by atoms with E-state index in [0.29, 0.717) is 5.69 Å². The van der Waals surface area contributed by atoms with E-state index in [0.717, 1.165) is 12.1 Å². The molecular formula is C16H13F2N3O2. The smallest absolute Gasteiger partial charge is 0.229 e. The number of benzene rings is 1. The Morgan fingerprint density at radius 1 is 1.22 bits per heavy atom. The lowest BCUT2D eigenvalue weighted by atomic mass is 10.1. The standard InChI is InChI=1S/C16H13F2N3O2/c17-12-4-1-5-13(18)15(12)20-16(23)10-7-14(22)21(9-10)11-3-2-6-19-8-11/h1-6,8,10H,7,9H2,(H,20,23). The molecule has 0 saturated carbocycles. The van der Waals surface area contributed by atoms with Crippen LogP contribution in [0, 0.1) is 17.6 Å². The molecule has 3 rings (SSSR count). The van der Waals surface area contributed by atoms with Crippen LogP contribution in [0.3, 0.4) is 0 Å². The maximum atomic E-state index is 13.6. The van der Waals surface area contributed by atoms with Gasteiger partial charge in [-0.25, -0.2) is 8.78 Å². The van der Waals surface area contributed by atoms with E-state index in [1.54, 1.807) is 18.3 Å². The molecule has 1 aliphatic heterocycles. The highest BCUT2D eigenvalue weighted by atomic mass is 19.1. The van der Waals surface area contributed by atoms with Crippen LogP contribution in [0.1, 0.15) is 6.42 Å². The largest absolute Gasteiger partial charge is 0.321 e. The molecule has 1 fully saturated rings. The molecule has 0 aliphatic carbocycles. The molecule has 0 spiro atoms. The van der Waals surface area contributed by atoms with E-state index in [9.17, 15) is 18.4 Å². The van der Waals surface area contributed by atoms with Gasteiger partial charge in [-0.3, -0.25) is 14.6 Å². The van der Waals surface area contributed by atoms with Crippen LogP contribution in [-0.2, 0) is 9.59 Å². The molecule has 118 valence electrons. The van der Waals surface area contributed by atoms with E-state index in [1.807, 2.05) is 0 Å². The average molecular weight is 317 g/mol. The van der Waals surface area contributed by atoms with Crippen molar-refractivity contribution in [3.05, 3.63) is 54.4 Å². The first-order valence-electron chi connectivity index (χ1n) is 7.01. The molecule has 0 radical (unpaired) electrons. The van der Waals surface area contributed by atoms with Crippen molar-refractivity contribution in [2.75, 3.05) is 16.8 Å². The molecule has 1 aliphatic rings. The van der Waals surface area contributed by atoms with Crippen molar-refractivity contribution in [2.45, 2.75) is 6.42 Å². The zero-order chi connectivity index (χ0) is 16.4. The zero-order valence-corrected chi connectivity index (χ0v) is 12.0. The molecule has 2 aromatic rings. The number of halogens is 2. The summed E-state index contributed by atoms with van der Waals surface area (Å²) >= 11 is 0. The van der Waals surface area contributed by atoms with Crippen LogP contribution in [0.25, 0.3) is 0 Å². The molecule has 1 atom stereocenters. The number of amides is 2. The van der Waals surface area contributed by atoms with Gasteiger partial charge in [0.25, 0.3) is 0 Å². The summed E-state index contributed by atoms with van der Waals surface area (Å²) in [5, 5.41) is 2.23. The van der Waals surface area contributed by atoms with Crippen molar-refractivity contribution in [1.29, 1.82) is 0 Å². The van der Waals surface area contributed by atoms with Gasteiger partial charge in [-0.05, 0) is 24.3 Å². The van der Waals surface area contributed by atoms with Gasteiger partial charge in [0.05, 0.1) is 17.8 Å². The van der Waals surface area contributed by atoms with E-state index >= 15 is 0 Å². The van der Waals surface area contributed by atoms with Gasteiger partial charge in [0.15, 0.2) is 0 Å². The topological polar surface area (TPSA) is 62.3 Å². The number of pyridine rings is 1. The first-order chi connectivity index (χ1) is 11.1. The lowest BCUT2D eigenvalue weighted by molar-refractivity contribution is -0.122. The minimum Gasteiger partial charge on any atom is -0.321 e. The highest BCUT2D eigenvalue weighted by molar-refractivity contribution is 6.03. The summed E-state index contributed by atoms with van der Waals surface area (Å²) < 4.78 is 27.2. The molecule has 7 heteroatoms. The van der Waals surface area contributed by atoms with Gasteiger partial charge >= 0.3 is 0 Å². The monoisotopic (exact) mass is 317 g/mol. The second-order valence-electron chi connectivity index (χ2n) is 5.20. The molecule has 1 N–H and O–H groups in total. The SMILES string of the molecule is O=C(Nc1c(F)cccc1F)C1CC(=O)N(c2cccnc2)C1. The lowest BCUT2D eigenvalue weighted by Gasteiger charge is -2.16. The Hall–Kier alpha value is -2.83. The lowest BCUT2D eigenvalue weighted by Crippen LogP contribution is -2.28. The van der Waals surface area contributed by atoms with Crippen LogP contribution < -0.4 is 10.2 Å². The van der Waals surface area contributed by atoms with Gasteiger partial charge in [-0.15, -0.1) is 0 Å². The predicted octanol–water partition coefficient (Wildman–Crippen LogP) is 2.35. The third kappa shape index (κ3) is 3.03. The van der Waals surface area contributed by atoms with E-state index in [4.69, 9.17) is 0 Å². The molecule has 2 heterocycles. The third-order valence-electron chi connectivity index (χ3n) is 3.66. The van der Waals surface area contributed by atoms with Gasteiger partial charge in [0, 0.05) is 19.2 Å². The van der Waals surface area contributed by atoms with Crippen LogP contribution in [0.15, 0.2) is 42.7 Å². The van der Waals surface area contributed by atoms with Crippen LogP contribution >= 0.6 is 0 Å². The summed E-state index contributed by atoms with van der Waals surface area (Å²) in [5.41, 5.74) is 0.0923. The first-order valence-corrected chi connectivity index (χ1v) is 7.01. The number of nitrogens with zero attached hydrogens (tertiary/aromatic N) is 2. The van der Waals surface area contributed by atoms with Crippen LogP contribution in [0.5, 0.6) is 0 Å². The molecule has 1 saturated heterocycles. The Balaban J connectivity index is 1.73. The van der Waals surface area contributed by atoms with Gasteiger partial charge in [0.2, 0.25) is 11.8 Å². The fourth-order valence-corrected chi connectivity index (χ4v) is 2.49. The van der Waals surface area contributed by atoms with E-state index in [1.165, 1.54) is 17.2 Å².